The van der Waals surface area contributed by atoms with E-state index in [0.717, 1.165) is 12.8 Å². The number of thiazole rings is 1. The number of aromatic nitrogens is 1. The summed E-state index contributed by atoms with van der Waals surface area (Å²) in [6.45, 7) is 2.37. The summed E-state index contributed by atoms with van der Waals surface area (Å²) in [6.07, 6.45) is 2.22. The van der Waals surface area contributed by atoms with E-state index >= 15 is 0 Å². The van der Waals surface area contributed by atoms with Crippen molar-refractivity contribution >= 4 is 45.5 Å². The van der Waals surface area contributed by atoms with Crippen LogP contribution >= 0.6 is 22.7 Å². The summed E-state index contributed by atoms with van der Waals surface area (Å²) in [5.74, 6) is 0.284. The minimum Gasteiger partial charge on any atom is -0.339 e. The second kappa shape index (κ2) is 7.77. The molecule has 0 spiro atoms. The third-order valence-corrected chi connectivity index (χ3v) is 6.25. The third kappa shape index (κ3) is 4.36. The van der Waals surface area contributed by atoms with Gasteiger partial charge in [0.15, 0.2) is 5.13 Å². The lowest BCUT2D eigenvalue weighted by Gasteiger charge is -2.34. The summed E-state index contributed by atoms with van der Waals surface area (Å²) in [5, 5.41) is 8.68. The number of thiophene rings is 1. The molecule has 9 heteroatoms. The lowest BCUT2D eigenvalue weighted by Crippen LogP contribution is -2.51. The summed E-state index contributed by atoms with van der Waals surface area (Å²) >= 11 is 2.78. The van der Waals surface area contributed by atoms with Crippen LogP contribution in [-0.4, -0.2) is 58.7 Å². The van der Waals surface area contributed by atoms with Crippen molar-refractivity contribution in [2.45, 2.75) is 19.3 Å². The number of carbonyl (C=O) groups is 3. The fraction of sp³-hybridized carbons (Fsp3) is 0.444. The molecule has 1 N–H and O–H groups in total. The third-order valence-electron chi connectivity index (χ3n) is 4.76. The Kier molecular flexibility index (Phi) is 5.22. The van der Waals surface area contributed by atoms with E-state index in [0.29, 0.717) is 42.6 Å². The van der Waals surface area contributed by atoms with Gasteiger partial charge in [-0.15, -0.1) is 11.3 Å². The van der Waals surface area contributed by atoms with Crippen LogP contribution in [0, 0.1) is 5.92 Å². The number of hydrogen-bond donors (Lipinski definition) is 1. The minimum atomic E-state index is -0.195. The molecule has 1 saturated heterocycles. The van der Waals surface area contributed by atoms with E-state index in [1.807, 2.05) is 10.3 Å². The lowest BCUT2D eigenvalue weighted by molar-refractivity contribution is -0.140. The number of piperazine rings is 1. The van der Waals surface area contributed by atoms with E-state index in [4.69, 9.17) is 0 Å². The molecule has 7 nitrogen and oxygen atoms in total. The molecule has 3 amide bonds. The molecule has 2 fully saturated rings. The van der Waals surface area contributed by atoms with Gasteiger partial charge >= 0.3 is 0 Å². The Morgan fingerprint density at radius 1 is 1.11 bits per heavy atom. The Morgan fingerprint density at radius 2 is 1.85 bits per heavy atom. The molecule has 0 radical (unpaired) electrons. The fourth-order valence-electron chi connectivity index (χ4n) is 3.04. The summed E-state index contributed by atoms with van der Waals surface area (Å²) < 4.78 is 0. The molecule has 2 aliphatic rings. The van der Waals surface area contributed by atoms with Gasteiger partial charge in [-0.3, -0.25) is 19.7 Å². The highest BCUT2D eigenvalue weighted by atomic mass is 32.1. The van der Waals surface area contributed by atoms with Crippen molar-refractivity contribution in [3.05, 3.63) is 33.5 Å². The number of nitrogens with zero attached hydrogens (tertiary/aromatic N) is 3. The predicted molar refractivity (Wildman–Crippen MR) is 104 cm³/mol. The van der Waals surface area contributed by atoms with Crippen molar-refractivity contribution in [1.82, 2.24) is 14.8 Å². The smallest absolute Gasteiger partial charge is 0.258 e. The number of hydrogen-bond acceptors (Lipinski definition) is 6. The van der Waals surface area contributed by atoms with E-state index in [1.165, 1.54) is 22.7 Å². The topological polar surface area (TPSA) is 82.6 Å². The van der Waals surface area contributed by atoms with E-state index in [2.05, 4.69) is 10.3 Å². The first kappa shape index (κ1) is 18.1. The summed E-state index contributed by atoms with van der Waals surface area (Å²) in [5.41, 5.74) is 1.26. The highest BCUT2D eigenvalue weighted by molar-refractivity contribution is 7.14. The van der Waals surface area contributed by atoms with E-state index in [9.17, 15) is 14.4 Å². The van der Waals surface area contributed by atoms with Crippen LogP contribution in [0.2, 0.25) is 0 Å². The molecule has 142 valence electrons. The van der Waals surface area contributed by atoms with Crippen LogP contribution in [0.15, 0.2) is 22.2 Å². The maximum atomic E-state index is 12.5. The second-order valence-corrected chi connectivity index (χ2v) is 8.41. The van der Waals surface area contributed by atoms with Crippen LogP contribution in [0.3, 0.4) is 0 Å². The van der Waals surface area contributed by atoms with Gasteiger partial charge in [-0.25, -0.2) is 4.98 Å². The number of carbonyl (C=O) groups excluding carboxylic acids is 3. The van der Waals surface area contributed by atoms with E-state index in [1.54, 1.807) is 21.7 Å². The zero-order chi connectivity index (χ0) is 18.8. The predicted octanol–water partition coefficient (Wildman–Crippen LogP) is 2.08. The Morgan fingerprint density at radius 3 is 2.52 bits per heavy atom. The summed E-state index contributed by atoms with van der Waals surface area (Å²) in [4.78, 5) is 44.7. The SMILES string of the molecule is O=C(Nc1nc(CC(=O)N2CCN(C(=O)C3CC3)CC2)cs1)c1ccsc1. The number of rotatable bonds is 5. The van der Waals surface area contributed by atoms with Gasteiger partial charge in [-0.1, -0.05) is 0 Å². The van der Waals surface area contributed by atoms with Crippen LogP contribution < -0.4 is 5.32 Å². The van der Waals surface area contributed by atoms with Gasteiger partial charge in [0.1, 0.15) is 0 Å². The molecule has 4 rings (SSSR count). The van der Waals surface area contributed by atoms with Crippen molar-refractivity contribution in [1.29, 1.82) is 0 Å². The molecule has 1 saturated carbocycles. The highest BCUT2D eigenvalue weighted by Crippen LogP contribution is 2.31. The van der Waals surface area contributed by atoms with Crippen LogP contribution in [0.4, 0.5) is 5.13 Å². The molecular formula is C18H20N4O3S2. The van der Waals surface area contributed by atoms with Crippen molar-refractivity contribution < 1.29 is 14.4 Å². The van der Waals surface area contributed by atoms with Gasteiger partial charge < -0.3 is 9.80 Å². The van der Waals surface area contributed by atoms with Crippen LogP contribution in [-0.2, 0) is 16.0 Å². The molecule has 0 aromatic carbocycles. The second-order valence-electron chi connectivity index (χ2n) is 6.77. The highest BCUT2D eigenvalue weighted by Gasteiger charge is 2.35. The van der Waals surface area contributed by atoms with Gasteiger partial charge in [-0.2, -0.15) is 11.3 Å². The molecule has 3 heterocycles. The van der Waals surface area contributed by atoms with Crippen LogP contribution in [0.1, 0.15) is 28.9 Å². The monoisotopic (exact) mass is 404 g/mol. The molecule has 27 heavy (non-hydrogen) atoms. The molecule has 2 aromatic heterocycles. The number of anilines is 1. The Bertz CT molecular complexity index is 837. The Balaban J connectivity index is 1.27. The van der Waals surface area contributed by atoms with Gasteiger partial charge in [0.25, 0.3) is 5.91 Å². The average molecular weight is 405 g/mol. The van der Waals surface area contributed by atoms with Gasteiger partial charge in [0.2, 0.25) is 11.8 Å². The molecule has 0 atom stereocenters. The van der Waals surface area contributed by atoms with E-state index in [-0.39, 0.29) is 30.1 Å². The normalized spacial score (nSPS) is 17.0. The first-order chi connectivity index (χ1) is 13.1. The molecule has 1 aliphatic carbocycles. The first-order valence-electron chi connectivity index (χ1n) is 8.94. The van der Waals surface area contributed by atoms with Crippen molar-refractivity contribution in [3.8, 4) is 0 Å². The number of nitrogens with one attached hydrogen (secondary N) is 1. The fourth-order valence-corrected chi connectivity index (χ4v) is 4.38. The molecular weight excluding hydrogens is 384 g/mol. The van der Waals surface area contributed by atoms with Gasteiger partial charge in [0, 0.05) is 42.9 Å². The first-order valence-corrected chi connectivity index (χ1v) is 10.8. The maximum Gasteiger partial charge on any atom is 0.258 e. The van der Waals surface area contributed by atoms with Gasteiger partial charge in [-0.05, 0) is 24.3 Å². The molecule has 0 unspecified atom stereocenters. The molecule has 2 aromatic rings. The zero-order valence-corrected chi connectivity index (χ0v) is 16.4. The standard InChI is InChI=1S/C18H20N4O3S2/c23-15(21-4-6-22(7-5-21)17(25)12-1-2-12)9-14-11-27-18(19-14)20-16(24)13-3-8-26-10-13/h3,8,10-12H,1-2,4-7,9H2,(H,19,20,24). The Labute approximate surface area is 165 Å². The zero-order valence-electron chi connectivity index (χ0n) is 14.7. The number of amides is 3. The van der Waals surface area contributed by atoms with E-state index < -0.39 is 0 Å². The molecule has 1 aliphatic heterocycles. The quantitative estimate of drug-likeness (QED) is 0.827. The summed E-state index contributed by atoms with van der Waals surface area (Å²) in [6, 6.07) is 1.76. The van der Waals surface area contributed by atoms with Crippen LogP contribution in [0.5, 0.6) is 0 Å². The van der Waals surface area contributed by atoms with Crippen LogP contribution in [0.25, 0.3) is 0 Å². The van der Waals surface area contributed by atoms with Gasteiger partial charge in [0.05, 0.1) is 17.7 Å². The van der Waals surface area contributed by atoms with Crippen molar-refractivity contribution in [2.75, 3.05) is 31.5 Å². The minimum absolute atomic E-state index is 0.00883. The average Bonchev–Trinajstić information content (AvgIpc) is 3.19. The lowest BCUT2D eigenvalue weighted by atomic mass is 10.2. The van der Waals surface area contributed by atoms with Crippen molar-refractivity contribution in [2.24, 2.45) is 5.92 Å². The van der Waals surface area contributed by atoms with Crippen molar-refractivity contribution in [3.63, 3.8) is 0 Å². The Hall–Kier alpha value is -2.26. The largest absolute Gasteiger partial charge is 0.339 e. The summed E-state index contributed by atoms with van der Waals surface area (Å²) in [7, 11) is 0. The molecule has 0 bridgehead atoms. The maximum absolute atomic E-state index is 12.5.